The number of nitrogens with one attached hydrogen (secondary N) is 3. The molecule has 34 heavy (non-hydrogen) atoms. The van der Waals surface area contributed by atoms with Crippen LogP contribution in [0.25, 0.3) is 11.0 Å². The number of anilines is 3. The largest absolute Gasteiger partial charge is 0.495 e. The number of amides is 2. The summed E-state index contributed by atoms with van der Waals surface area (Å²) in [6, 6.07) is 16.0. The SMILES string of the molecule is CNC(=O)c1nc(N(c2ccccc2)c2c(OC)cccc2C(=O)NCCO)nc2[nH]ccc12. The van der Waals surface area contributed by atoms with Gasteiger partial charge in [0.15, 0.2) is 0 Å². The van der Waals surface area contributed by atoms with Gasteiger partial charge in [0.25, 0.3) is 11.8 Å². The van der Waals surface area contributed by atoms with Gasteiger partial charge >= 0.3 is 0 Å². The Morgan fingerprint density at radius 2 is 1.85 bits per heavy atom. The fourth-order valence-electron chi connectivity index (χ4n) is 3.61. The number of nitrogens with zero attached hydrogens (tertiary/aromatic N) is 3. The van der Waals surface area contributed by atoms with Crippen LogP contribution in [-0.2, 0) is 0 Å². The molecule has 0 saturated heterocycles. The topological polar surface area (TPSA) is 132 Å². The molecule has 4 N–H and O–H groups in total. The maximum absolute atomic E-state index is 13.0. The van der Waals surface area contributed by atoms with E-state index in [0.29, 0.717) is 28.2 Å². The zero-order valence-electron chi connectivity index (χ0n) is 18.7. The third-order valence-corrected chi connectivity index (χ3v) is 5.14. The lowest BCUT2D eigenvalue weighted by molar-refractivity contribution is 0.0941. The smallest absolute Gasteiger partial charge is 0.270 e. The molecule has 0 aliphatic heterocycles. The van der Waals surface area contributed by atoms with Gasteiger partial charge in [0.1, 0.15) is 22.8 Å². The minimum Gasteiger partial charge on any atom is -0.495 e. The summed E-state index contributed by atoms with van der Waals surface area (Å²) in [6.07, 6.45) is 1.68. The van der Waals surface area contributed by atoms with Crippen molar-refractivity contribution in [1.82, 2.24) is 25.6 Å². The maximum atomic E-state index is 13.0. The van der Waals surface area contributed by atoms with Crippen LogP contribution in [0.5, 0.6) is 5.75 Å². The van der Waals surface area contributed by atoms with E-state index in [9.17, 15) is 14.7 Å². The first-order chi connectivity index (χ1) is 16.6. The van der Waals surface area contributed by atoms with E-state index in [1.165, 1.54) is 14.2 Å². The molecule has 10 nitrogen and oxygen atoms in total. The fourth-order valence-corrected chi connectivity index (χ4v) is 3.61. The summed E-state index contributed by atoms with van der Waals surface area (Å²) in [5.74, 6) is -0.212. The van der Waals surface area contributed by atoms with Crippen LogP contribution in [0.15, 0.2) is 60.8 Å². The predicted molar refractivity (Wildman–Crippen MR) is 128 cm³/mol. The molecule has 0 saturated carbocycles. The summed E-state index contributed by atoms with van der Waals surface area (Å²) < 4.78 is 5.62. The third-order valence-electron chi connectivity index (χ3n) is 5.14. The van der Waals surface area contributed by atoms with E-state index in [1.807, 2.05) is 30.3 Å². The van der Waals surface area contributed by atoms with E-state index in [4.69, 9.17) is 4.74 Å². The van der Waals surface area contributed by atoms with Gasteiger partial charge in [-0.25, -0.2) is 4.98 Å². The monoisotopic (exact) mass is 460 g/mol. The van der Waals surface area contributed by atoms with Crippen molar-refractivity contribution in [3.8, 4) is 5.75 Å². The summed E-state index contributed by atoms with van der Waals surface area (Å²) >= 11 is 0. The van der Waals surface area contributed by atoms with Gasteiger partial charge in [-0.3, -0.25) is 14.5 Å². The van der Waals surface area contributed by atoms with E-state index < -0.39 is 5.91 Å². The van der Waals surface area contributed by atoms with E-state index in [2.05, 4.69) is 25.6 Å². The van der Waals surface area contributed by atoms with Gasteiger partial charge in [-0.1, -0.05) is 24.3 Å². The Kier molecular flexibility index (Phi) is 6.69. The normalized spacial score (nSPS) is 10.7. The zero-order chi connectivity index (χ0) is 24.1. The number of fused-ring (bicyclic) bond motifs is 1. The van der Waals surface area contributed by atoms with Crippen LogP contribution >= 0.6 is 0 Å². The molecule has 0 aliphatic rings. The lowest BCUT2D eigenvalue weighted by Crippen LogP contribution is -2.29. The van der Waals surface area contributed by atoms with Gasteiger partial charge in [0.2, 0.25) is 5.95 Å². The predicted octanol–water partition coefficient (Wildman–Crippen LogP) is 2.52. The molecule has 4 aromatic rings. The second-order valence-corrected chi connectivity index (χ2v) is 7.20. The van der Waals surface area contributed by atoms with Gasteiger partial charge in [0.05, 0.1) is 24.7 Å². The summed E-state index contributed by atoms with van der Waals surface area (Å²) in [7, 11) is 3.03. The minimum absolute atomic E-state index is 0.0899. The first-order valence-electron chi connectivity index (χ1n) is 10.6. The van der Waals surface area contributed by atoms with Crippen LogP contribution in [0, 0.1) is 0 Å². The lowest BCUT2D eigenvalue weighted by Gasteiger charge is -2.27. The first kappa shape index (κ1) is 22.7. The maximum Gasteiger partial charge on any atom is 0.270 e. The molecule has 2 aromatic heterocycles. The van der Waals surface area contributed by atoms with E-state index >= 15 is 0 Å². The fraction of sp³-hybridized carbons (Fsp3) is 0.167. The average molecular weight is 460 g/mol. The van der Waals surface area contributed by atoms with Gasteiger partial charge in [-0.2, -0.15) is 4.98 Å². The van der Waals surface area contributed by atoms with Crippen molar-refractivity contribution in [2.24, 2.45) is 0 Å². The molecule has 0 bridgehead atoms. The number of methoxy groups -OCH3 is 1. The first-order valence-corrected chi connectivity index (χ1v) is 10.6. The average Bonchev–Trinajstić information content (AvgIpc) is 3.36. The molecule has 4 rings (SSSR count). The number of hydrogen-bond acceptors (Lipinski definition) is 7. The molecule has 0 unspecified atom stereocenters. The molecule has 0 aliphatic carbocycles. The molecular weight excluding hydrogens is 436 g/mol. The number of aliphatic hydroxyl groups excluding tert-OH is 1. The highest BCUT2D eigenvalue weighted by molar-refractivity contribution is 6.06. The summed E-state index contributed by atoms with van der Waals surface area (Å²) in [5.41, 5.74) is 1.97. The summed E-state index contributed by atoms with van der Waals surface area (Å²) in [5, 5.41) is 15.0. The van der Waals surface area contributed by atoms with Crippen molar-refractivity contribution in [3.63, 3.8) is 0 Å². The molecule has 2 amide bonds. The molecule has 0 fully saturated rings. The molecule has 0 radical (unpaired) electrons. The number of hydrogen-bond donors (Lipinski definition) is 4. The summed E-state index contributed by atoms with van der Waals surface area (Å²) in [6.45, 7) is -0.109. The number of rotatable bonds is 8. The number of benzene rings is 2. The van der Waals surface area contributed by atoms with Crippen LogP contribution in [0.2, 0.25) is 0 Å². The van der Waals surface area contributed by atoms with Crippen molar-refractivity contribution in [1.29, 1.82) is 0 Å². The van der Waals surface area contributed by atoms with Gasteiger partial charge < -0.3 is 25.5 Å². The van der Waals surface area contributed by atoms with Crippen molar-refractivity contribution in [2.45, 2.75) is 0 Å². The Morgan fingerprint density at radius 1 is 1.06 bits per heavy atom. The van der Waals surface area contributed by atoms with E-state index in [0.717, 1.165) is 0 Å². The zero-order valence-corrected chi connectivity index (χ0v) is 18.7. The number of para-hydroxylation sites is 2. The Morgan fingerprint density at radius 3 is 2.56 bits per heavy atom. The number of H-pyrrole nitrogens is 1. The molecule has 0 spiro atoms. The van der Waals surface area contributed by atoms with Crippen LogP contribution in [0.4, 0.5) is 17.3 Å². The Balaban J connectivity index is 2.01. The second-order valence-electron chi connectivity index (χ2n) is 7.20. The number of aromatic nitrogens is 3. The van der Waals surface area contributed by atoms with E-state index in [1.54, 1.807) is 35.4 Å². The molecule has 174 valence electrons. The Hall–Kier alpha value is -4.44. The van der Waals surface area contributed by atoms with Crippen molar-refractivity contribution in [3.05, 3.63) is 72.1 Å². The number of carbonyl (C=O) groups excluding carboxylic acids is 2. The standard InChI is InChI=1S/C24H24N6O4/c1-25-23(33)19-16-11-12-26-21(16)29-24(28-19)30(15-7-4-3-5-8-15)20-17(22(32)27-13-14-31)9-6-10-18(20)34-2/h3-12,31H,13-14H2,1-2H3,(H,25,33)(H,27,32)(H,26,28,29). The number of aliphatic hydroxyl groups is 1. The van der Waals surface area contributed by atoms with Crippen LogP contribution in [-0.4, -0.2) is 59.2 Å². The second kappa shape index (κ2) is 10.0. The van der Waals surface area contributed by atoms with Gasteiger partial charge in [-0.05, 0) is 30.3 Å². The number of ether oxygens (including phenoxy) is 1. The van der Waals surface area contributed by atoms with Gasteiger partial charge in [0, 0.05) is 25.5 Å². The lowest BCUT2D eigenvalue weighted by atomic mass is 10.1. The molecule has 0 atom stereocenters. The molecule has 10 heteroatoms. The highest BCUT2D eigenvalue weighted by Crippen LogP contribution is 2.41. The summed E-state index contributed by atoms with van der Waals surface area (Å²) in [4.78, 5) is 39.6. The van der Waals surface area contributed by atoms with Crippen molar-refractivity contribution < 1.29 is 19.4 Å². The van der Waals surface area contributed by atoms with Gasteiger partial charge in [-0.15, -0.1) is 0 Å². The quantitative estimate of drug-likeness (QED) is 0.318. The third kappa shape index (κ3) is 4.26. The highest BCUT2D eigenvalue weighted by atomic mass is 16.5. The van der Waals surface area contributed by atoms with Crippen molar-refractivity contribution >= 4 is 40.2 Å². The Labute approximate surface area is 195 Å². The highest BCUT2D eigenvalue weighted by Gasteiger charge is 2.27. The molecule has 2 heterocycles. The number of carbonyl (C=O) groups is 2. The minimum atomic E-state index is -0.406. The van der Waals surface area contributed by atoms with Crippen LogP contribution in [0.3, 0.4) is 0 Å². The number of aromatic amines is 1. The van der Waals surface area contributed by atoms with Crippen molar-refractivity contribution in [2.75, 3.05) is 32.2 Å². The Bertz CT molecular complexity index is 1320. The van der Waals surface area contributed by atoms with Crippen LogP contribution < -0.4 is 20.3 Å². The van der Waals surface area contributed by atoms with Crippen LogP contribution in [0.1, 0.15) is 20.8 Å². The van der Waals surface area contributed by atoms with E-state index in [-0.39, 0.29) is 36.3 Å². The molecule has 2 aromatic carbocycles. The molecular formula is C24H24N6O4.